The van der Waals surface area contributed by atoms with Gasteiger partial charge in [0.05, 0.1) is 5.69 Å². The van der Waals surface area contributed by atoms with Gasteiger partial charge in [-0.2, -0.15) is 0 Å². The van der Waals surface area contributed by atoms with Crippen LogP contribution in [0.15, 0.2) is 51.4 Å². The fourth-order valence-corrected chi connectivity index (χ4v) is 2.97. The van der Waals surface area contributed by atoms with Crippen LogP contribution in [-0.2, 0) is 0 Å². The molecule has 0 saturated heterocycles. The lowest BCUT2D eigenvalue weighted by Gasteiger charge is -2.16. The smallest absolute Gasteiger partial charge is 0.165 e. The highest BCUT2D eigenvalue weighted by atomic mass is 79.9. The zero-order valence-electron chi connectivity index (χ0n) is 11.0. The average molecular weight is 419 g/mol. The average Bonchev–Trinajstić information content (AvgIpc) is 2.46. The van der Waals surface area contributed by atoms with E-state index in [1.54, 1.807) is 12.1 Å². The molecule has 6 heteroatoms. The van der Waals surface area contributed by atoms with Crippen LogP contribution in [-0.4, -0.2) is 24.4 Å². The van der Waals surface area contributed by atoms with E-state index in [0.717, 1.165) is 14.6 Å². The molecule has 0 spiro atoms. The van der Waals surface area contributed by atoms with Crippen molar-refractivity contribution in [2.45, 2.75) is 6.10 Å². The molecule has 2 N–H and O–H groups in total. The van der Waals surface area contributed by atoms with Gasteiger partial charge in [0.1, 0.15) is 12.7 Å². The Kier molecular flexibility index (Phi) is 6.02. The Morgan fingerprint density at radius 2 is 1.76 bits per heavy atom. The first-order valence-electron chi connectivity index (χ1n) is 6.31. The van der Waals surface area contributed by atoms with Crippen LogP contribution in [0, 0.1) is 5.82 Å². The third kappa shape index (κ3) is 4.69. The molecule has 0 aliphatic rings. The highest BCUT2D eigenvalue weighted by molar-refractivity contribution is 9.11. The molecule has 112 valence electrons. The van der Waals surface area contributed by atoms with Crippen molar-refractivity contribution in [3.8, 4) is 5.75 Å². The molecule has 0 aliphatic heterocycles. The lowest BCUT2D eigenvalue weighted by Crippen LogP contribution is -2.26. The maximum Gasteiger partial charge on any atom is 0.165 e. The summed E-state index contributed by atoms with van der Waals surface area (Å²) in [7, 11) is 0. The molecule has 0 fully saturated rings. The summed E-state index contributed by atoms with van der Waals surface area (Å²) in [5.74, 6) is -0.301. The first-order chi connectivity index (χ1) is 10.1. The second-order valence-corrected chi connectivity index (χ2v) is 6.08. The van der Waals surface area contributed by atoms with Crippen LogP contribution in [0.5, 0.6) is 5.75 Å². The summed E-state index contributed by atoms with van der Waals surface area (Å²) in [4.78, 5) is 0. The molecule has 21 heavy (non-hydrogen) atoms. The Morgan fingerprint density at radius 1 is 1.10 bits per heavy atom. The summed E-state index contributed by atoms with van der Waals surface area (Å²) < 4.78 is 20.4. The van der Waals surface area contributed by atoms with Gasteiger partial charge in [0.25, 0.3) is 0 Å². The minimum absolute atomic E-state index is 0.00993. The van der Waals surface area contributed by atoms with Crippen LogP contribution in [0.4, 0.5) is 10.1 Å². The lowest BCUT2D eigenvalue weighted by molar-refractivity contribution is 0.115. The molecule has 0 heterocycles. The SMILES string of the molecule is OC(CNc1c(Br)cccc1Br)COc1ccccc1F. The van der Waals surface area contributed by atoms with Crippen molar-refractivity contribution >= 4 is 37.5 Å². The van der Waals surface area contributed by atoms with Gasteiger partial charge in [-0.25, -0.2) is 4.39 Å². The van der Waals surface area contributed by atoms with Gasteiger partial charge in [-0.15, -0.1) is 0 Å². The number of aliphatic hydroxyl groups is 1. The van der Waals surface area contributed by atoms with Gasteiger partial charge in [-0.05, 0) is 56.1 Å². The molecule has 0 aliphatic carbocycles. The minimum atomic E-state index is -0.761. The maximum atomic E-state index is 13.4. The Hall–Kier alpha value is -1.11. The summed E-state index contributed by atoms with van der Waals surface area (Å²) in [6.07, 6.45) is -0.761. The van der Waals surface area contributed by atoms with Crippen LogP contribution >= 0.6 is 31.9 Å². The first kappa shape index (κ1) is 16.3. The Morgan fingerprint density at radius 3 is 2.43 bits per heavy atom. The van der Waals surface area contributed by atoms with E-state index in [1.807, 2.05) is 18.2 Å². The number of para-hydroxylation sites is 2. The van der Waals surface area contributed by atoms with E-state index in [1.165, 1.54) is 12.1 Å². The summed E-state index contributed by atoms with van der Waals surface area (Å²) in [5.41, 5.74) is 0.849. The quantitative estimate of drug-likeness (QED) is 0.738. The van der Waals surface area contributed by atoms with Crippen LogP contribution in [0.2, 0.25) is 0 Å². The molecular weight excluding hydrogens is 405 g/mol. The molecule has 0 saturated carbocycles. The van der Waals surface area contributed by atoms with E-state index in [9.17, 15) is 9.50 Å². The van der Waals surface area contributed by atoms with E-state index >= 15 is 0 Å². The largest absolute Gasteiger partial charge is 0.488 e. The van der Waals surface area contributed by atoms with Gasteiger partial charge in [0, 0.05) is 15.5 Å². The van der Waals surface area contributed by atoms with Crippen LogP contribution in [0.1, 0.15) is 0 Å². The van der Waals surface area contributed by atoms with Crippen LogP contribution in [0.25, 0.3) is 0 Å². The van der Waals surface area contributed by atoms with Gasteiger partial charge in [-0.1, -0.05) is 18.2 Å². The first-order valence-corrected chi connectivity index (χ1v) is 7.90. The number of hydrogen-bond donors (Lipinski definition) is 2. The number of benzene rings is 2. The molecular formula is C15H14Br2FNO2. The molecule has 0 bridgehead atoms. The predicted octanol–water partition coefficient (Wildman–Crippen LogP) is 4.20. The van der Waals surface area contributed by atoms with Gasteiger partial charge in [0.15, 0.2) is 11.6 Å². The summed E-state index contributed by atoms with van der Waals surface area (Å²) in [6.45, 7) is 0.297. The Bertz CT molecular complexity index is 590. The number of halogens is 3. The third-order valence-corrected chi connectivity index (χ3v) is 4.07. The number of hydrogen-bond acceptors (Lipinski definition) is 3. The van der Waals surface area contributed by atoms with Crippen molar-refractivity contribution in [2.75, 3.05) is 18.5 Å². The molecule has 1 unspecified atom stereocenters. The normalized spacial score (nSPS) is 12.0. The second-order valence-electron chi connectivity index (χ2n) is 4.37. The van der Waals surface area contributed by atoms with E-state index < -0.39 is 11.9 Å². The fourth-order valence-electron chi connectivity index (χ4n) is 1.69. The van der Waals surface area contributed by atoms with Crippen molar-refractivity contribution in [3.63, 3.8) is 0 Å². The second kappa shape index (κ2) is 7.77. The van der Waals surface area contributed by atoms with Gasteiger partial charge < -0.3 is 15.2 Å². The predicted molar refractivity (Wildman–Crippen MR) is 88.2 cm³/mol. The monoisotopic (exact) mass is 417 g/mol. The molecule has 0 amide bonds. The molecule has 2 aromatic carbocycles. The molecule has 2 rings (SSSR count). The van der Waals surface area contributed by atoms with Crippen molar-refractivity contribution in [2.24, 2.45) is 0 Å². The highest BCUT2D eigenvalue weighted by Gasteiger charge is 2.10. The lowest BCUT2D eigenvalue weighted by atomic mass is 10.3. The number of rotatable bonds is 6. The van der Waals surface area contributed by atoms with E-state index in [4.69, 9.17) is 4.74 Å². The minimum Gasteiger partial charge on any atom is -0.488 e. The molecule has 2 aromatic rings. The molecule has 3 nitrogen and oxygen atoms in total. The van der Waals surface area contributed by atoms with Crippen LogP contribution < -0.4 is 10.1 Å². The van der Waals surface area contributed by atoms with E-state index in [0.29, 0.717) is 0 Å². The highest BCUT2D eigenvalue weighted by Crippen LogP contribution is 2.30. The fraction of sp³-hybridized carbons (Fsp3) is 0.200. The summed E-state index contributed by atoms with van der Waals surface area (Å²) >= 11 is 6.85. The van der Waals surface area contributed by atoms with Gasteiger partial charge in [-0.3, -0.25) is 0 Å². The molecule has 0 radical (unpaired) electrons. The number of aliphatic hydroxyl groups excluding tert-OH is 1. The van der Waals surface area contributed by atoms with Gasteiger partial charge in [0.2, 0.25) is 0 Å². The summed E-state index contributed by atoms with van der Waals surface area (Å²) in [5, 5.41) is 13.0. The number of ether oxygens (including phenoxy) is 1. The summed E-state index contributed by atoms with van der Waals surface area (Å²) in [6, 6.07) is 11.8. The van der Waals surface area contributed by atoms with Crippen LogP contribution in [0.3, 0.4) is 0 Å². The Balaban J connectivity index is 1.85. The van der Waals surface area contributed by atoms with E-state index in [2.05, 4.69) is 37.2 Å². The van der Waals surface area contributed by atoms with Crippen molar-refractivity contribution < 1.29 is 14.2 Å². The zero-order valence-corrected chi connectivity index (χ0v) is 14.2. The third-order valence-electron chi connectivity index (χ3n) is 2.75. The number of nitrogens with one attached hydrogen (secondary N) is 1. The molecule has 1 atom stereocenters. The Labute approximate surface area is 139 Å². The van der Waals surface area contributed by atoms with E-state index in [-0.39, 0.29) is 18.9 Å². The topological polar surface area (TPSA) is 41.5 Å². The van der Waals surface area contributed by atoms with Crippen molar-refractivity contribution in [1.82, 2.24) is 0 Å². The zero-order chi connectivity index (χ0) is 15.2. The maximum absolute atomic E-state index is 13.4. The van der Waals surface area contributed by atoms with Gasteiger partial charge >= 0.3 is 0 Å². The van der Waals surface area contributed by atoms with Crippen molar-refractivity contribution in [1.29, 1.82) is 0 Å². The molecule has 0 aromatic heterocycles. The van der Waals surface area contributed by atoms with Crippen molar-refractivity contribution in [3.05, 3.63) is 57.2 Å². The standard InChI is InChI=1S/C15H14Br2FNO2/c16-11-4-3-5-12(17)15(11)19-8-10(20)9-21-14-7-2-1-6-13(14)18/h1-7,10,19-20H,8-9H2. The number of anilines is 1.